The van der Waals surface area contributed by atoms with Gasteiger partial charge in [-0.05, 0) is 25.0 Å². The highest BCUT2D eigenvalue weighted by Crippen LogP contribution is 2.32. The van der Waals surface area contributed by atoms with Gasteiger partial charge in [0.2, 0.25) is 0 Å². The van der Waals surface area contributed by atoms with Crippen molar-refractivity contribution in [2.24, 2.45) is 0 Å². The molecule has 0 bridgehead atoms. The van der Waals surface area contributed by atoms with Gasteiger partial charge in [-0.1, -0.05) is 18.0 Å². The van der Waals surface area contributed by atoms with Gasteiger partial charge in [0, 0.05) is 5.25 Å². The summed E-state index contributed by atoms with van der Waals surface area (Å²) >= 11 is 3.30. The molecule has 1 aliphatic carbocycles. The summed E-state index contributed by atoms with van der Waals surface area (Å²) in [5.74, 6) is 2.08. The minimum atomic E-state index is 0.522. The topological polar surface area (TPSA) is 62.7 Å². The minimum absolute atomic E-state index is 0.522. The third-order valence-electron chi connectivity index (χ3n) is 3.15. The van der Waals surface area contributed by atoms with E-state index in [2.05, 4.69) is 16.2 Å². The number of rotatable bonds is 4. The largest absolute Gasteiger partial charge is 0.333 e. The Bertz CT molecular complexity index is 593. The van der Waals surface area contributed by atoms with Crippen LogP contribution in [0.2, 0.25) is 0 Å². The molecule has 0 amide bonds. The summed E-state index contributed by atoms with van der Waals surface area (Å²) in [5.41, 5.74) is 0. The van der Waals surface area contributed by atoms with Crippen molar-refractivity contribution >= 4 is 23.1 Å². The Morgan fingerprint density at radius 2 is 2.26 bits per heavy atom. The molecule has 1 saturated carbocycles. The Balaban J connectivity index is 1.64. The van der Waals surface area contributed by atoms with Gasteiger partial charge < -0.3 is 4.52 Å². The lowest BCUT2D eigenvalue weighted by molar-refractivity contribution is 0.426. The van der Waals surface area contributed by atoms with E-state index in [1.54, 1.807) is 6.07 Å². The second kappa shape index (κ2) is 5.76. The van der Waals surface area contributed by atoms with Gasteiger partial charge in [0.15, 0.2) is 5.82 Å². The van der Waals surface area contributed by atoms with E-state index in [4.69, 9.17) is 9.78 Å². The molecule has 6 heteroatoms. The van der Waals surface area contributed by atoms with Crippen molar-refractivity contribution in [1.82, 2.24) is 10.1 Å². The van der Waals surface area contributed by atoms with Crippen LogP contribution in [0.5, 0.6) is 0 Å². The molecule has 0 unspecified atom stereocenters. The fourth-order valence-electron chi connectivity index (χ4n) is 2.17. The Morgan fingerprint density at radius 1 is 1.42 bits per heavy atom. The summed E-state index contributed by atoms with van der Waals surface area (Å²) in [6.45, 7) is 0. The Morgan fingerprint density at radius 3 is 3.00 bits per heavy atom. The van der Waals surface area contributed by atoms with Gasteiger partial charge in [0.1, 0.15) is 10.9 Å². The number of hydrogen-bond acceptors (Lipinski definition) is 6. The molecule has 1 aliphatic rings. The van der Waals surface area contributed by atoms with Crippen LogP contribution in [-0.4, -0.2) is 15.4 Å². The molecule has 2 aromatic rings. The van der Waals surface area contributed by atoms with E-state index in [-0.39, 0.29) is 0 Å². The quantitative estimate of drug-likeness (QED) is 0.856. The van der Waals surface area contributed by atoms with Gasteiger partial charge in [0.05, 0.1) is 10.6 Å². The van der Waals surface area contributed by atoms with Crippen molar-refractivity contribution in [3.05, 3.63) is 22.8 Å². The van der Waals surface area contributed by atoms with Crippen LogP contribution in [0.1, 0.15) is 36.4 Å². The summed E-state index contributed by atoms with van der Waals surface area (Å²) in [6.07, 6.45) is 5.32. The predicted octanol–water partition coefficient (Wildman–Crippen LogP) is 3.85. The molecule has 3 rings (SSSR count). The lowest BCUT2D eigenvalue weighted by atomic mass is 10.4. The fourth-order valence-corrected chi connectivity index (χ4v) is 4.07. The SMILES string of the molecule is N#Cc1ccc(-c2nc(CSC3CCCC3)no2)s1. The molecule has 0 N–H and O–H groups in total. The van der Waals surface area contributed by atoms with E-state index < -0.39 is 0 Å². The molecule has 2 aromatic heterocycles. The first-order valence-corrected chi connectivity index (χ1v) is 8.16. The smallest absolute Gasteiger partial charge is 0.268 e. The van der Waals surface area contributed by atoms with Crippen molar-refractivity contribution in [1.29, 1.82) is 5.26 Å². The normalized spacial score (nSPS) is 15.7. The fraction of sp³-hybridized carbons (Fsp3) is 0.462. The van der Waals surface area contributed by atoms with Gasteiger partial charge >= 0.3 is 0 Å². The highest BCUT2D eigenvalue weighted by atomic mass is 32.2. The zero-order valence-corrected chi connectivity index (χ0v) is 12.0. The average Bonchev–Trinajstić information content (AvgIpc) is 3.16. The molecular formula is C13H13N3OS2. The van der Waals surface area contributed by atoms with Crippen molar-refractivity contribution in [2.75, 3.05) is 0 Å². The average molecular weight is 291 g/mol. The first-order chi connectivity index (χ1) is 9.35. The number of hydrogen-bond donors (Lipinski definition) is 0. The summed E-state index contributed by atoms with van der Waals surface area (Å²) in [6, 6.07) is 5.74. The molecule has 0 aliphatic heterocycles. The van der Waals surface area contributed by atoms with E-state index >= 15 is 0 Å². The van der Waals surface area contributed by atoms with Crippen LogP contribution >= 0.6 is 23.1 Å². The standard InChI is InChI=1S/C13H13N3OS2/c14-7-10-5-6-11(19-10)13-15-12(16-17-13)8-18-9-3-1-2-4-9/h5-6,9H,1-4,8H2. The first kappa shape index (κ1) is 12.7. The highest BCUT2D eigenvalue weighted by Gasteiger charge is 2.17. The Hall–Kier alpha value is -1.32. The molecule has 0 saturated heterocycles. The zero-order valence-electron chi connectivity index (χ0n) is 10.3. The molecule has 98 valence electrons. The summed E-state index contributed by atoms with van der Waals surface area (Å²) in [7, 11) is 0. The molecule has 1 fully saturated rings. The molecule has 0 atom stereocenters. The van der Waals surface area contributed by atoms with E-state index in [0.717, 1.165) is 21.7 Å². The van der Waals surface area contributed by atoms with Gasteiger partial charge in [-0.2, -0.15) is 22.0 Å². The van der Waals surface area contributed by atoms with E-state index in [0.29, 0.717) is 10.8 Å². The highest BCUT2D eigenvalue weighted by molar-refractivity contribution is 7.99. The number of aromatic nitrogens is 2. The zero-order chi connectivity index (χ0) is 13.1. The number of thiophene rings is 1. The Labute approximate surface area is 119 Å². The monoisotopic (exact) mass is 291 g/mol. The summed E-state index contributed by atoms with van der Waals surface area (Å²) in [4.78, 5) is 5.92. The maximum atomic E-state index is 8.80. The van der Waals surface area contributed by atoms with Crippen molar-refractivity contribution in [3.8, 4) is 16.8 Å². The number of nitrogens with zero attached hydrogens (tertiary/aromatic N) is 3. The van der Waals surface area contributed by atoms with Gasteiger partial charge in [-0.3, -0.25) is 0 Å². The number of nitriles is 1. The molecular weight excluding hydrogens is 278 g/mol. The van der Waals surface area contributed by atoms with Gasteiger partial charge in [-0.15, -0.1) is 11.3 Å². The van der Waals surface area contributed by atoms with Crippen LogP contribution in [-0.2, 0) is 5.75 Å². The maximum Gasteiger partial charge on any atom is 0.268 e. The third kappa shape index (κ3) is 2.99. The van der Waals surface area contributed by atoms with Crippen LogP contribution in [0.25, 0.3) is 10.8 Å². The molecule has 0 aromatic carbocycles. The second-order valence-electron chi connectivity index (χ2n) is 4.51. The molecule has 0 radical (unpaired) electrons. The van der Waals surface area contributed by atoms with E-state index in [1.165, 1.54) is 37.0 Å². The minimum Gasteiger partial charge on any atom is -0.333 e. The summed E-state index contributed by atoms with van der Waals surface area (Å²) in [5, 5.41) is 13.6. The van der Waals surface area contributed by atoms with Gasteiger partial charge in [-0.25, -0.2) is 0 Å². The third-order valence-corrected chi connectivity index (χ3v) is 5.49. The predicted molar refractivity (Wildman–Crippen MR) is 75.9 cm³/mol. The maximum absolute atomic E-state index is 8.80. The second-order valence-corrected chi connectivity index (χ2v) is 6.88. The van der Waals surface area contributed by atoms with E-state index in [1.807, 2.05) is 17.8 Å². The van der Waals surface area contributed by atoms with Gasteiger partial charge in [0.25, 0.3) is 5.89 Å². The summed E-state index contributed by atoms with van der Waals surface area (Å²) < 4.78 is 5.25. The molecule has 0 spiro atoms. The molecule has 2 heterocycles. The number of thioether (sulfide) groups is 1. The molecule has 4 nitrogen and oxygen atoms in total. The van der Waals surface area contributed by atoms with Crippen LogP contribution in [0, 0.1) is 11.3 Å². The van der Waals surface area contributed by atoms with Crippen molar-refractivity contribution in [2.45, 2.75) is 36.7 Å². The van der Waals surface area contributed by atoms with Crippen molar-refractivity contribution in [3.63, 3.8) is 0 Å². The van der Waals surface area contributed by atoms with Crippen LogP contribution < -0.4 is 0 Å². The lowest BCUT2D eigenvalue weighted by Crippen LogP contribution is -1.95. The van der Waals surface area contributed by atoms with Crippen LogP contribution in [0.3, 0.4) is 0 Å². The van der Waals surface area contributed by atoms with E-state index in [9.17, 15) is 0 Å². The lowest BCUT2D eigenvalue weighted by Gasteiger charge is -2.04. The first-order valence-electron chi connectivity index (χ1n) is 6.29. The molecule has 19 heavy (non-hydrogen) atoms. The van der Waals surface area contributed by atoms with Crippen molar-refractivity contribution < 1.29 is 4.52 Å². The van der Waals surface area contributed by atoms with Crippen LogP contribution in [0.15, 0.2) is 16.7 Å². The van der Waals surface area contributed by atoms with Crippen LogP contribution in [0.4, 0.5) is 0 Å². The Kier molecular flexibility index (Phi) is 3.85.